The van der Waals surface area contributed by atoms with E-state index < -0.39 is 10.9 Å². The molecule has 0 unspecified atom stereocenters. The average Bonchev–Trinajstić information content (AvgIpc) is 2.70. The molecule has 0 saturated carbocycles. The Morgan fingerprint density at radius 2 is 1.76 bits per heavy atom. The zero-order valence-electron chi connectivity index (χ0n) is 15.7. The Morgan fingerprint density at radius 3 is 2.38 bits per heavy atom. The van der Waals surface area contributed by atoms with Crippen LogP contribution in [0.15, 0.2) is 48.9 Å². The summed E-state index contributed by atoms with van der Waals surface area (Å²) in [5, 5.41) is 17.5. The number of benzene rings is 1. The normalized spacial score (nSPS) is 10.3. The van der Waals surface area contributed by atoms with Crippen molar-refractivity contribution in [2.45, 2.75) is 13.8 Å². The van der Waals surface area contributed by atoms with Gasteiger partial charge in [0.1, 0.15) is 12.1 Å². The number of esters is 1. The molecule has 0 bridgehead atoms. The molecule has 0 aliphatic heterocycles. The van der Waals surface area contributed by atoms with E-state index in [1.54, 1.807) is 43.5 Å². The second-order valence-corrected chi connectivity index (χ2v) is 5.89. The fraction of sp³-hybridized carbons (Fsp3) is 0.158. The largest absolute Gasteiger partial charge is 0.462 e. The molecule has 0 radical (unpaired) electrons. The predicted octanol–water partition coefficient (Wildman–Crippen LogP) is 3.75. The summed E-state index contributed by atoms with van der Waals surface area (Å²) in [6.07, 6.45) is 2.79. The summed E-state index contributed by atoms with van der Waals surface area (Å²) in [5.74, 6) is 0.0331. The molecule has 2 heterocycles. The molecule has 3 aromatic rings. The summed E-state index contributed by atoms with van der Waals surface area (Å²) in [6, 6.07) is 9.92. The van der Waals surface area contributed by atoms with Crippen LogP contribution in [-0.4, -0.2) is 32.5 Å². The number of aryl methyl sites for hydroxylation is 1. The van der Waals surface area contributed by atoms with Crippen LogP contribution < -0.4 is 10.6 Å². The number of carbonyl (C=O) groups is 1. The van der Waals surface area contributed by atoms with E-state index >= 15 is 0 Å². The van der Waals surface area contributed by atoms with E-state index in [2.05, 4.69) is 25.6 Å². The molecule has 29 heavy (non-hydrogen) atoms. The van der Waals surface area contributed by atoms with Crippen LogP contribution in [0.25, 0.3) is 0 Å². The Labute approximate surface area is 166 Å². The molecule has 0 saturated heterocycles. The van der Waals surface area contributed by atoms with E-state index in [0.29, 0.717) is 17.1 Å². The van der Waals surface area contributed by atoms with Gasteiger partial charge >= 0.3 is 11.7 Å². The number of hydrogen-bond acceptors (Lipinski definition) is 9. The number of carbonyl (C=O) groups excluding carboxylic acids is 1. The molecular formula is C19H18N6O4. The molecule has 0 atom stereocenters. The Bertz CT molecular complexity index is 1040. The van der Waals surface area contributed by atoms with Gasteiger partial charge in [0.05, 0.1) is 17.1 Å². The van der Waals surface area contributed by atoms with Gasteiger partial charge in [-0.1, -0.05) is 6.07 Å². The van der Waals surface area contributed by atoms with Crippen molar-refractivity contribution in [1.29, 1.82) is 0 Å². The van der Waals surface area contributed by atoms with Crippen molar-refractivity contribution in [2.75, 3.05) is 17.2 Å². The maximum Gasteiger partial charge on any atom is 0.353 e. The fourth-order valence-electron chi connectivity index (χ4n) is 2.50. The van der Waals surface area contributed by atoms with Crippen LogP contribution in [0.5, 0.6) is 0 Å². The Balaban J connectivity index is 1.89. The second kappa shape index (κ2) is 8.74. The van der Waals surface area contributed by atoms with Crippen LogP contribution in [0.4, 0.5) is 28.8 Å². The monoisotopic (exact) mass is 394 g/mol. The van der Waals surface area contributed by atoms with E-state index in [9.17, 15) is 14.9 Å². The summed E-state index contributed by atoms with van der Waals surface area (Å²) >= 11 is 0. The van der Waals surface area contributed by atoms with Gasteiger partial charge in [0, 0.05) is 11.9 Å². The molecule has 2 aromatic heterocycles. The summed E-state index contributed by atoms with van der Waals surface area (Å²) in [7, 11) is 0. The number of nitrogens with zero attached hydrogens (tertiary/aromatic N) is 4. The van der Waals surface area contributed by atoms with E-state index in [4.69, 9.17) is 4.74 Å². The lowest BCUT2D eigenvalue weighted by Crippen LogP contribution is -2.07. The first-order chi connectivity index (χ1) is 14.0. The van der Waals surface area contributed by atoms with Gasteiger partial charge in [0.2, 0.25) is 11.6 Å². The van der Waals surface area contributed by atoms with Crippen LogP contribution in [0.2, 0.25) is 0 Å². The molecule has 1 aromatic carbocycles. The standard InChI is InChI=1S/C19H18N6O4/c1-3-29-19(26)13-6-8-14(9-7-13)23-17-15(25(27)28)18(22-11-21-17)24-16-12(2)5-4-10-20-16/h4-11H,3H2,1-2H3,(H2,20,21,22,23,24). The Morgan fingerprint density at radius 1 is 1.07 bits per heavy atom. The lowest BCUT2D eigenvalue weighted by atomic mass is 10.2. The number of ether oxygens (including phenoxy) is 1. The van der Waals surface area contributed by atoms with Gasteiger partial charge in [-0.2, -0.15) is 0 Å². The van der Waals surface area contributed by atoms with E-state index in [-0.39, 0.29) is 23.9 Å². The molecular weight excluding hydrogens is 376 g/mol. The molecule has 10 nitrogen and oxygen atoms in total. The van der Waals surface area contributed by atoms with Crippen LogP contribution in [0.1, 0.15) is 22.8 Å². The zero-order chi connectivity index (χ0) is 20.8. The quantitative estimate of drug-likeness (QED) is 0.349. The molecule has 0 spiro atoms. The summed E-state index contributed by atoms with van der Waals surface area (Å²) in [4.78, 5) is 35.0. The van der Waals surface area contributed by atoms with Crippen molar-refractivity contribution < 1.29 is 14.5 Å². The molecule has 0 fully saturated rings. The summed E-state index contributed by atoms with van der Waals surface area (Å²) in [5.41, 5.74) is 1.37. The van der Waals surface area contributed by atoms with Crippen molar-refractivity contribution in [2.24, 2.45) is 0 Å². The first-order valence-electron chi connectivity index (χ1n) is 8.71. The minimum Gasteiger partial charge on any atom is -0.462 e. The van der Waals surface area contributed by atoms with Gasteiger partial charge in [-0.15, -0.1) is 0 Å². The first-order valence-corrected chi connectivity index (χ1v) is 8.71. The fourth-order valence-corrected chi connectivity index (χ4v) is 2.50. The van der Waals surface area contributed by atoms with Gasteiger partial charge < -0.3 is 15.4 Å². The highest BCUT2D eigenvalue weighted by atomic mass is 16.6. The number of pyridine rings is 1. The molecule has 0 aliphatic rings. The first kappa shape index (κ1) is 19.7. The summed E-state index contributed by atoms with van der Waals surface area (Å²) < 4.78 is 4.94. The van der Waals surface area contributed by atoms with Crippen molar-refractivity contribution in [3.8, 4) is 0 Å². The van der Waals surface area contributed by atoms with Gasteiger partial charge in [-0.05, 0) is 49.7 Å². The average molecular weight is 394 g/mol. The van der Waals surface area contributed by atoms with Crippen molar-refractivity contribution in [1.82, 2.24) is 15.0 Å². The zero-order valence-corrected chi connectivity index (χ0v) is 15.7. The minimum atomic E-state index is -0.573. The second-order valence-electron chi connectivity index (χ2n) is 5.89. The summed E-state index contributed by atoms with van der Waals surface area (Å²) in [6.45, 7) is 3.82. The lowest BCUT2D eigenvalue weighted by Gasteiger charge is -2.11. The third kappa shape index (κ3) is 4.61. The molecule has 148 valence electrons. The number of anilines is 4. The van der Waals surface area contributed by atoms with Crippen molar-refractivity contribution in [3.05, 3.63) is 70.2 Å². The number of rotatable bonds is 7. The van der Waals surface area contributed by atoms with E-state index in [1.165, 1.54) is 6.33 Å². The molecule has 0 amide bonds. The maximum absolute atomic E-state index is 11.7. The third-order valence-corrected chi connectivity index (χ3v) is 3.91. The van der Waals surface area contributed by atoms with Crippen LogP contribution in [0.3, 0.4) is 0 Å². The minimum absolute atomic E-state index is 0.00460. The molecule has 10 heteroatoms. The van der Waals surface area contributed by atoms with Gasteiger partial charge in [-0.25, -0.2) is 19.7 Å². The Hall–Kier alpha value is -4.08. The molecule has 3 rings (SSSR count). The van der Waals surface area contributed by atoms with Crippen molar-refractivity contribution >= 4 is 34.8 Å². The lowest BCUT2D eigenvalue weighted by molar-refractivity contribution is -0.383. The predicted molar refractivity (Wildman–Crippen MR) is 107 cm³/mol. The highest BCUT2D eigenvalue weighted by Gasteiger charge is 2.24. The third-order valence-electron chi connectivity index (χ3n) is 3.91. The molecule has 0 aliphatic carbocycles. The number of aromatic nitrogens is 3. The van der Waals surface area contributed by atoms with Gasteiger partial charge in [-0.3, -0.25) is 10.1 Å². The highest BCUT2D eigenvalue weighted by Crippen LogP contribution is 2.33. The van der Waals surface area contributed by atoms with Gasteiger partial charge in [0.15, 0.2) is 0 Å². The van der Waals surface area contributed by atoms with Gasteiger partial charge in [0.25, 0.3) is 0 Å². The van der Waals surface area contributed by atoms with Crippen molar-refractivity contribution in [3.63, 3.8) is 0 Å². The smallest absolute Gasteiger partial charge is 0.353 e. The topological polar surface area (TPSA) is 132 Å². The van der Waals surface area contributed by atoms with E-state index in [1.807, 2.05) is 13.0 Å². The maximum atomic E-state index is 11.7. The number of nitro groups is 1. The van der Waals surface area contributed by atoms with E-state index in [0.717, 1.165) is 5.56 Å². The number of hydrogen-bond donors (Lipinski definition) is 2. The van der Waals surface area contributed by atoms with Crippen LogP contribution >= 0.6 is 0 Å². The molecule has 2 N–H and O–H groups in total. The number of nitrogens with one attached hydrogen (secondary N) is 2. The Kier molecular flexibility index (Phi) is 5.93. The van der Waals surface area contributed by atoms with Crippen LogP contribution in [-0.2, 0) is 4.74 Å². The van der Waals surface area contributed by atoms with Crippen LogP contribution in [0, 0.1) is 17.0 Å². The SMILES string of the molecule is CCOC(=O)c1ccc(Nc2ncnc(Nc3ncccc3C)c2[N+](=O)[O-])cc1. The highest BCUT2D eigenvalue weighted by molar-refractivity contribution is 5.90.